The number of hydrogen-bond acceptors (Lipinski definition) is 7. The van der Waals surface area contributed by atoms with Gasteiger partial charge in [0.05, 0.1) is 42.0 Å². The third kappa shape index (κ3) is 3.58. The molecule has 2 aliphatic heterocycles. The number of fused-ring (bicyclic) bond motifs is 2. The molecule has 1 fully saturated rings. The largest absolute Gasteiger partial charge is 0.386 e. The summed E-state index contributed by atoms with van der Waals surface area (Å²) in [5.41, 5.74) is 2.47. The van der Waals surface area contributed by atoms with Gasteiger partial charge in [-0.15, -0.1) is 16.4 Å². The summed E-state index contributed by atoms with van der Waals surface area (Å²) in [5.74, 6) is 0. The van der Waals surface area contributed by atoms with Crippen LogP contribution < -0.4 is 5.32 Å². The van der Waals surface area contributed by atoms with Gasteiger partial charge in [-0.05, 0) is 32.4 Å². The third-order valence-corrected chi connectivity index (χ3v) is 7.52. The maximum Gasteiger partial charge on any atom is 0.106 e. The van der Waals surface area contributed by atoms with Crippen molar-refractivity contribution in [1.82, 2.24) is 30.1 Å². The van der Waals surface area contributed by atoms with Crippen molar-refractivity contribution in [2.75, 3.05) is 6.61 Å². The summed E-state index contributed by atoms with van der Waals surface area (Å²) in [4.78, 5) is 1.05. The van der Waals surface area contributed by atoms with Crippen molar-refractivity contribution in [3.8, 4) is 0 Å². The molecule has 0 aliphatic carbocycles. The molecule has 3 aromatic heterocycles. The van der Waals surface area contributed by atoms with E-state index in [1.54, 1.807) is 6.20 Å². The summed E-state index contributed by atoms with van der Waals surface area (Å²) in [6.45, 7) is 5.94. The van der Waals surface area contributed by atoms with Gasteiger partial charge in [0.15, 0.2) is 0 Å². The lowest BCUT2D eigenvalue weighted by Gasteiger charge is -2.46. The molecule has 0 unspecified atom stereocenters. The molecule has 2 N–H and O–H groups in total. The second-order valence-electron chi connectivity index (χ2n) is 8.29. The minimum absolute atomic E-state index is 0.0120. The zero-order chi connectivity index (χ0) is 20.9. The minimum Gasteiger partial charge on any atom is -0.386 e. The van der Waals surface area contributed by atoms with Crippen LogP contribution in [-0.4, -0.2) is 42.5 Å². The fourth-order valence-corrected chi connectivity index (χ4v) is 6.10. The van der Waals surface area contributed by atoms with E-state index in [4.69, 9.17) is 16.3 Å². The second kappa shape index (κ2) is 7.72. The van der Waals surface area contributed by atoms with E-state index in [-0.39, 0.29) is 18.7 Å². The van der Waals surface area contributed by atoms with Gasteiger partial charge in [0.25, 0.3) is 0 Å². The van der Waals surface area contributed by atoms with E-state index in [9.17, 15) is 5.11 Å². The topological polar surface area (TPSA) is 90.0 Å². The summed E-state index contributed by atoms with van der Waals surface area (Å²) in [6.07, 6.45) is 4.74. The van der Waals surface area contributed by atoms with Crippen LogP contribution in [0.5, 0.6) is 0 Å². The van der Waals surface area contributed by atoms with Crippen LogP contribution in [0.4, 0.5) is 0 Å². The van der Waals surface area contributed by atoms with Crippen molar-refractivity contribution in [3.05, 3.63) is 50.7 Å². The molecule has 4 atom stereocenters. The van der Waals surface area contributed by atoms with Crippen LogP contribution in [0.1, 0.15) is 53.7 Å². The standard InChI is InChI=1S/C20H25ClN6O2S/c1-12-8-20(19-14(7-18(21)30-19)17(28)11-29-20)9-15(23-12)16-10-26(25-24-16)5-6-27-13(2)3-4-22-27/h3-4,7,10,12,15,17,23,28H,5-6,8-9,11H2,1-2H3/t12-,15-,17+,20-/m0/s1. The predicted molar refractivity (Wildman–Crippen MR) is 113 cm³/mol. The number of ether oxygens (including phenoxy) is 1. The second-order valence-corrected chi connectivity index (χ2v) is 9.97. The molecule has 1 spiro atoms. The quantitative estimate of drug-likeness (QED) is 0.637. The molecule has 5 heterocycles. The first-order valence-electron chi connectivity index (χ1n) is 10.2. The van der Waals surface area contributed by atoms with E-state index < -0.39 is 11.7 Å². The predicted octanol–water partition coefficient (Wildman–Crippen LogP) is 2.97. The molecule has 0 amide bonds. The molecule has 160 valence electrons. The maximum atomic E-state index is 10.4. The summed E-state index contributed by atoms with van der Waals surface area (Å²) in [6, 6.07) is 4.11. The smallest absolute Gasteiger partial charge is 0.106 e. The first-order valence-corrected chi connectivity index (χ1v) is 11.4. The number of thiophene rings is 1. The minimum atomic E-state index is -0.621. The Bertz CT molecular complexity index is 1050. The molecule has 0 aromatic carbocycles. The first-order chi connectivity index (χ1) is 14.4. The van der Waals surface area contributed by atoms with Gasteiger partial charge >= 0.3 is 0 Å². The Balaban J connectivity index is 1.37. The molecule has 0 radical (unpaired) electrons. The Hall–Kier alpha value is -1.78. The lowest BCUT2D eigenvalue weighted by atomic mass is 9.79. The number of nitrogens with zero attached hydrogens (tertiary/aromatic N) is 5. The molecule has 1 saturated heterocycles. The Morgan fingerprint density at radius 3 is 3.07 bits per heavy atom. The summed E-state index contributed by atoms with van der Waals surface area (Å²) in [7, 11) is 0. The van der Waals surface area contributed by atoms with Gasteiger partial charge in [0.1, 0.15) is 11.7 Å². The Morgan fingerprint density at radius 2 is 2.27 bits per heavy atom. The first kappa shape index (κ1) is 20.1. The number of halogens is 1. The lowest BCUT2D eigenvalue weighted by Crippen LogP contribution is -2.50. The molecule has 0 bridgehead atoms. The fourth-order valence-electron chi connectivity index (χ4n) is 4.65. The van der Waals surface area contributed by atoms with Gasteiger partial charge in [0.2, 0.25) is 0 Å². The highest BCUT2D eigenvalue weighted by atomic mass is 35.5. The zero-order valence-corrected chi connectivity index (χ0v) is 18.5. The Morgan fingerprint density at radius 1 is 1.40 bits per heavy atom. The number of aromatic nitrogens is 5. The van der Waals surface area contributed by atoms with Crippen LogP contribution in [0.25, 0.3) is 0 Å². The van der Waals surface area contributed by atoms with Gasteiger partial charge < -0.3 is 15.2 Å². The van der Waals surface area contributed by atoms with Crippen LogP contribution in [0.3, 0.4) is 0 Å². The number of piperidine rings is 1. The molecule has 2 aliphatic rings. The van der Waals surface area contributed by atoms with Crippen LogP contribution in [0.2, 0.25) is 4.34 Å². The molecule has 10 heteroatoms. The SMILES string of the molecule is Cc1ccnn1CCn1cc([C@@H]2C[C@]3(C[C@H](C)N2)OC[C@@H](O)c2cc(Cl)sc23)nn1. The van der Waals surface area contributed by atoms with Crippen molar-refractivity contribution in [1.29, 1.82) is 0 Å². The monoisotopic (exact) mass is 448 g/mol. The maximum absolute atomic E-state index is 10.4. The van der Waals surface area contributed by atoms with Gasteiger partial charge in [-0.2, -0.15) is 5.10 Å². The van der Waals surface area contributed by atoms with Crippen LogP contribution in [0.15, 0.2) is 24.5 Å². The van der Waals surface area contributed by atoms with E-state index in [1.807, 2.05) is 34.6 Å². The highest BCUT2D eigenvalue weighted by Crippen LogP contribution is 2.51. The van der Waals surface area contributed by atoms with Crippen molar-refractivity contribution in [3.63, 3.8) is 0 Å². The molecular formula is C20H25ClN6O2S. The van der Waals surface area contributed by atoms with Crippen LogP contribution >= 0.6 is 22.9 Å². The summed E-state index contributed by atoms with van der Waals surface area (Å²) < 4.78 is 10.8. The zero-order valence-electron chi connectivity index (χ0n) is 17.0. The molecule has 5 rings (SSSR count). The summed E-state index contributed by atoms with van der Waals surface area (Å²) >= 11 is 7.82. The molecule has 3 aromatic rings. The Labute approximate surface area is 183 Å². The van der Waals surface area contributed by atoms with E-state index in [1.165, 1.54) is 11.3 Å². The van der Waals surface area contributed by atoms with E-state index >= 15 is 0 Å². The van der Waals surface area contributed by atoms with E-state index in [0.717, 1.165) is 41.2 Å². The third-order valence-electron chi connectivity index (χ3n) is 6.06. The highest BCUT2D eigenvalue weighted by Gasteiger charge is 2.48. The Kier molecular flexibility index (Phi) is 5.19. The van der Waals surface area contributed by atoms with Crippen LogP contribution in [0, 0.1) is 6.92 Å². The number of aliphatic hydroxyl groups is 1. The van der Waals surface area contributed by atoms with Gasteiger partial charge in [-0.1, -0.05) is 16.8 Å². The van der Waals surface area contributed by atoms with Gasteiger partial charge in [-0.3, -0.25) is 9.36 Å². The van der Waals surface area contributed by atoms with E-state index in [2.05, 4.69) is 27.7 Å². The summed E-state index contributed by atoms with van der Waals surface area (Å²) in [5, 5.41) is 27.1. The van der Waals surface area contributed by atoms with Crippen molar-refractivity contribution < 1.29 is 9.84 Å². The average molecular weight is 449 g/mol. The van der Waals surface area contributed by atoms with Gasteiger partial charge in [-0.25, -0.2) is 0 Å². The normalized spacial score (nSPS) is 28.7. The highest BCUT2D eigenvalue weighted by molar-refractivity contribution is 7.16. The molecular weight excluding hydrogens is 424 g/mol. The number of aliphatic hydroxyl groups excluding tert-OH is 1. The van der Waals surface area contributed by atoms with Crippen LogP contribution in [-0.2, 0) is 23.4 Å². The number of nitrogens with one attached hydrogen (secondary N) is 1. The van der Waals surface area contributed by atoms with E-state index in [0.29, 0.717) is 10.9 Å². The average Bonchev–Trinajstić information content (AvgIpc) is 3.43. The van der Waals surface area contributed by atoms with Crippen molar-refractivity contribution in [2.24, 2.45) is 0 Å². The van der Waals surface area contributed by atoms with Gasteiger partial charge in [0, 0.05) is 34.8 Å². The molecule has 30 heavy (non-hydrogen) atoms. The number of rotatable bonds is 4. The van der Waals surface area contributed by atoms with Crippen molar-refractivity contribution in [2.45, 2.75) is 63.6 Å². The number of aryl methyl sites for hydroxylation is 3. The fraction of sp³-hybridized carbons (Fsp3) is 0.550. The molecule has 8 nitrogen and oxygen atoms in total. The lowest BCUT2D eigenvalue weighted by molar-refractivity contribution is -0.129. The number of hydrogen-bond donors (Lipinski definition) is 2. The van der Waals surface area contributed by atoms with Crippen molar-refractivity contribution >= 4 is 22.9 Å². The molecule has 0 saturated carbocycles.